The Bertz CT molecular complexity index is 518. The summed E-state index contributed by atoms with van der Waals surface area (Å²) in [7, 11) is 0. The normalized spacial score (nSPS) is 13.0. The van der Waals surface area contributed by atoms with Crippen LogP contribution in [0.15, 0.2) is 30.5 Å². The van der Waals surface area contributed by atoms with E-state index in [2.05, 4.69) is 48.2 Å². The second-order valence-corrected chi connectivity index (χ2v) is 6.06. The van der Waals surface area contributed by atoms with Crippen molar-refractivity contribution in [3.8, 4) is 0 Å². The van der Waals surface area contributed by atoms with E-state index in [1.165, 1.54) is 28.6 Å². The van der Waals surface area contributed by atoms with Crippen molar-refractivity contribution in [2.45, 2.75) is 38.8 Å². The van der Waals surface area contributed by atoms with Crippen molar-refractivity contribution in [2.75, 3.05) is 12.0 Å². The monoisotopic (exact) mass is 276 g/mol. The van der Waals surface area contributed by atoms with E-state index in [-0.39, 0.29) is 6.04 Å². The smallest absolute Gasteiger partial charge is 0.0483 e. The van der Waals surface area contributed by atoms with Crippen molar-refractivity contribution in [1.82, 2.24) is 4.57 Å². The minimum atomic E-state index is 0.269. The Balaban J connectivity index is 2.21. The third-order valence-electron chi connectivity index (χ3n) is 3.66. The summed E-state index contributed by atoms with van der Waals surface area (Å²) < 4.78 is 2.37. The molecule has 1 unspecified atom stereocenters. The van der Waals surface area contributed by atoms with Gasteiger partial charge in [0.05, 0.1) is 0 Å². The number of fused-ring (bicyclic) bond motifs is 1. The van der Waals surface area contributed by atoms with Gasteiger partial charge in [0.15, 0.2) is 0 Å². The van der Waals surface area contributed by atoms with E-state index in [1.807, 2.05) is 11.8 Å². The quantitative estimate of drug-likeness (QED) is 0.782. The Morgan fingerprint density at radius 2 is 2.16 bits per heavy atom. The van der Waals surface area contributed by atoms with Crippen LogP contribution in [0.25, 0.3) is 10.9 Å². The van der Waals surface area contributed by atoms with Gasteiger partial charge in [0.2, 0.25) is 0 Å². The van der Waals surface area contributed by atoms with Crippen molar-refractivity contribution in [2.24, 2.45) is 5.73 Å². The summed E-state index contributed by atoms with van der Waals surface area (Å²) in [5.41, 5.74) is 8.83. The predicted molar refractivity (Wildman–Crippen MR) is 86.9 cm³/mol. The van der Waals surface area contributed by atoms with Crippen LogP contribution < -0.4 is 5.73 Å². The Labute approximate surface area is 120 Å². The first-order chi connectivity index (χ1) is 9.26. The number of aromatic nitrogens is 1. The van der Waals surface area contributed by atoms with Gasteiger partial charge in [0, 0.05) is 29.7 Å². The zero-order valence-electron chi connectivity index (χ0n) is 11.9. The molecule has 104 valence electrons. The van der Waals surface area contributed by atoms with Gasteiger partial charge in [-0.25, -0.2) is 0 Å². The van der Waals surface area contributed by atoms with Crippen LogP contribution in [0.4, 0.5) is 0 Å². The second kappa shape index (κ2) is 7.01. The molecule has 0 saturated heterocycles. The highest BCUT2D eigenvalue weighted by Gasteiger charge is 2.08. The average Bonchev–Trinajstić information content (AvgIpc) is 2.83. The summed E-state index contributed by atoms with van der Waals surface area (Å²) in [6.07, 6.45) is 7.61. The molecule has 2 rings (SSSR count). The lowest BCUT2D eigenvalue weighted by molar-refractivity contribution is 0.648. The van der Waals surface area contributed by atoms with Crippen LogP contribution >= 0.6 is 11.8 Å². The largest absolute Gasteiger partial charge is 0.347 e. The Kier molecular flexibility index (Phi) is 5.34. The summed E-state index contributed by atoms with van der Waals surface area (Å²) in [6.45, 7) is 3.26. The maximum Gasteiger partial charge on any atom is 0.0483 e. The molecular formula is C16H24N2S. The molecule has 2 N–H and O–H groups in total. The first-order valence-electron chi connectivity index (χ1n) is 7.07. The summed E-state index contributed by atoms with van der Waals surface area (Å²) in [6, 6.07) is 9.10. The Hall–Kier alpha value is -0.930. The number of rotatable bonds is 7. The lowest BCUT2D eigenvalue weighted by Crippen LogP contribution is -2.21. The molecule has 2 aromatic rings. The van der Waals surface area contributed by atoms with E-state index < -0.39 is 0 Å². The molecule has 2 nitrogen and oxygen atoms in total. The van der Waals surface area contributed by atoms with Gasteiger partial charge in [-0.3, -0.25) is 0 Å². The fourth-order valence-corrected chi connectivity index (χ4v) is 2.88. The standard InChI is InChI=1S/C16H24N2S/c1-3-14(17)12-13-6-4-7-16-15(13)8-10-18(16)9-5-11-19-2/h4,6-8,10,14H,3,5,9,11-12,17H2,1-2H3. The highest BCUT2D eigenvalue weighted by molar-refractivity contribution is 7.98. The van der Waals surface area contributed by atoms with Crippen molar-refractivity contribution in [1.29, 1.82) is 0 Å². The molecule has 0 aliphatic rings. The third kappa shape index (κ3) is 3.54. The van der Waals surface area contributed by atoms with Gasteiger partial charge in [0.1, 0.15) is 0 Å². The maximum atomic E-state index is 6.09. The summed E-state index contributed by atoms with van der Waals surface area (Å²) >= 11 is 1.91. The number of thioether (sulfide) groups is 1. The van der Waals surface area contributed by atoms with Gasteiger partial charge in [-0.15, -0.1) is 0 Å². The molecule has 0 spiro atoms. The molecule has 19 heavy (non-hydrogen) atoms. The van der Waals surface area contributed by atoms with Crippen LogP contribution in [0.1, 0.15) is 25.3 Å². The van der Waals surface area contributed by atoms with E-state index in [9.17, 15) is 0 Å². The molecule has 1 aromatic carbocycles. The molecule has 0 radical (unpaired) electrons. The number of hydrogen-bond acceptors (Lipinski definition) is 2. The number of hydrogen-bond donors (Lipinski definition) is 1. The zero-order valence-corrected chi connectivity index (χ0v) is 12.7. The number of benzene rings is 1. The molecule has 0 aliphatic carbocycles. The molecule has 1 aromatic heterocycles. The van der Waals surface area contributed by atoms with E-state index in [1.54, 1.807) is 0 Å². The van der Waals surface area contributed by atoms with E-state index >= 15 is 0 Å². The molecular weight excluding hydrogens is 252 g/mol. The number of nitrogens with zero attached hydrogens (tertiary/aromatic N) is 1. The van der Waals surface area contributed by atoms with Crippen molar-refractivity contribution in [3.05, 3.63) is 36.0 Å². The topological polar surface area (TPSA) is 30.9 Å². The van der Waals surface area contributed by atoms with Gasteiger partial charge >= 0.3 is 0 Å². The summed E-state index contributed by atoms with van der Waals surface area (Å²) in [5, 5.41) is 1.37. The highest BCUT2D eigenvalue weighted by Crippen LogP contribution is 2.22. The van der Waals surface area contributed by atoms with Crippen LogP contribution in [0.3, 0.4) is 0 Å². The van der Waals surface area contributed by atoms with Crippen LogP contribution in [0.2, 0.25) is 0 Å². The fourth-order valence-electron chi connectivity index (χ4n) is 2.47. The van der Waals surface area contributed by atoms with Gasteiger partial charge in [-0.05, 0) is 49.0 Å². The molecule has 1 atom stereocenters. The molecule has 0 aliphatic heterocycles. The summed E-state index contributed by atoms with van der Waals surface area (Å²) in [5.74, 6) is 1.22. The minimum absolute atomic E-state index is 0.269. The maximum absolute atomic E-state index is 6.09. The lowest BCUT2D eigenvalue weighted by atomic mass is 10.0. The van der Waals surface area contributed by atoms with Crippen molar-refractivity contribution < 1.29 is 0 Å². The number of nitrogens with two attached hydrogens (primary N) is 1. The Morgan fingerprint density at radius 1 is 1.32 bits per heavy atom. The molecule has 0 bridgehead atoms. The van der Waals surface area contributed by atoms with Crippen LogP contribution in [-0.2, 0) is 13.0 Å². The van der Waals surface area contributed by atoms with Gasteiger partial charge in [-0.1, -0.05) is 19.1 Å². The first kappa shape index (κ1) is 14.5. The zero-order chi connectivity index (χ0) is 13.7. The first-order valence-corrected chi connectivity index (χ1v) is 8.47. The molecule has 0 amide bonds. The SMILES string of the molecule is CCC(N)Cc1cccc2c1ccn2CCCSC. The highest BCUT2D eigenvalue weighted by atomic mass is 32.2. The Morgan fingerprint density at radius 3 is 2.89 bits per heavy atom. The molecule has 0 fully saturated rings. The molecule has 3 heteroatoms. The molecule has 0 saturated carbocycles. The predicted octanol–water partition coefficient (Wildman–Crippen LogP) is 3.67. The van der Waals surface area contributed by atoms with Gasteiger partial charge in [0.25, 0.3) is 0 Å². The van der Waals surface area contributed by atoms with E-state index in [4.69, 9.17) is 5.73 Å². The van der Waals surface area contributed by atoms with E-state index in [0.29, 0.717) is 0 Å². The van der Waals surface area contributed by atoms with Crippen LogP contribution in [0.5, 0.6) is 0 Å². The summed E-state index contributed by atoms with van der Waals surface area (Å²) in [4.78, 5) is 0. The van der Waals surface area contributed by atoms with E-state index in [0.717, 1.165) is 19.4 Å². The minimum Gasteiger partial charge on any atom is -0.347 e. The molecule has 1 heterocycles. The second-order valence-electron chi connectivity index (χ2n) is 5.08. The van der Waals surface area contributed by atoms with Gasteiger partial charge < -0.3 is 10.3 Å². The van der Waals surface area contributed by atoms with Crippen molar-refractivity contribution >= 4 is 22.7 Å². The number of aryl methyl sites for hydroxylation is 1. The third-order valence-corrected chi connectivity index (χ3v) is 4.35. The van der Waals surface area contributed by atoms with Crippen LogP contribution in [-0.4, -0.2) is 22.6 Å². The average molecular weight is 276 g/mol. The van der Waals surface area contributed by atoms with Crippen LogP contribution in [0, 0.1) is 0 Å². The van der Waals surface area contributed by atoms with Gasteiger partial charge in [-0.2, -0.15) is 11.8 Å². The lowest BCUT2D eigenvalue weighted by Gasteiger charge is -2.10. The fraction of sp³-hybridized carbons (Fsp3) is 0.500. The van der Waals surface area contributed by atoms with Crippen molar-refractivity contribution in [3.63, 3.8) is 0 Å².